The second kappa shape index (κ2) is 4.86. The van der Waals surface area contributed by atoms with Crippen molar-refractivity contribution < 1.29 is 0 Å². The maximum Gasteiger partial charge on any atom is 0.137 e. The Morgan fingerprint density at radius 2 is 2.15 bits per heavy atom. The monoisotopic (exact) mass is 270 g/mol. The van der Waals surface area contributed by atoms with Crippen molar-refractivity contribution in [3.8, 4) is 0 Å². The molecule has 2 fully saturated rings. The van der Waals surface area contributed by atoms with Crippen LogP contribution >= 0.6 is 0 Å². The molecule has 1 aliphatic heterocycles. The predicted molar refractivity (Wildman–Crippen MR) is 79.7 cm³/mol. The Labute approximate surface area is 119 Å². The second-order valence-corrected chi connectivity index (χ2v) is 6.32. The molecule has 0 aromatic carbocycles. The first-order valence-electron chi connectivity index (χ1n) is 7.73. The van der Waals surface area contributed by atoms with Crippen molar-refractivity contribution in [1.29, 1.82) is 0 Å². The van der Waals surface area contributed by atoms with Crippen LogP contribution in [0.25, 0.3) is 5.65 Å². The number of hydrogen-bond acceptors (Lipinski definition) is 3. The second-order valence-electron chi connectivity index (χ2n) is 6.32. The van der Waals surface area contributed by atoms with Gasteiger partial charge in [0.2, 0.25) is 0 Å². The molecule has 0 unspecified atom stereocenters. The van der Waals surface area contributed by atoms with Crippen LogP contribution in [0, 0.1) is 0 Å². The summed E-state index contributed by atoms with van der Waals surface area (Å²) in [6.07, 6.45) is 9.69. The summed E-state index contributed by atoms with van der Waals surface area (Å²) in [7, 11) is 0. The van der Waals surface area contributed by atoms with E-state index in [0.717, 1.165) is 25.3 Å². The molecule has 2 aliphatic rings. The zero-order chi connectivity index (χ0) is 13.4. The van der Waals surface area contributed by atoms with Gasteiger partial charge in [-0.1, -0.05) is 18.9 Å². The van der Waals surface area contributed by atoms with Crippen LogP contribution in [0.5, 0.6) is 0 Å². The molecular weight excluding hydrogens is 248 g/mol. The lowest BCUT2D eigenvalue weighted by Crippen LogP contribution is -2.58. The van der Waals surface area contributed by atoms with Crippen molar-refractivity contribution >= 4 is 5.65 Å². The Morgan fingerprint density at radius 3 is 3.00 bits per heavy atom. The SMILES string of the molecule is c1ccn2cc(CN3CCNC4(CCCC4)C3)nc2c1. The van der Waals surface area contributed by atoms with Crippen molar-refractivity contribution in [3.05, 3.63) is 36.3 Å². The minimum absolute atomic E-state index is 0.400. The van der Waals surface area contributed by atoms with Crippen molar-refractivity contribution in [3.63, 3.8) is 0 Å². The third kappa shape index (κ3) is 2.23. The predicted octanol–water partition coefficient (Wildman–Crippen LogP) is 2.05. The van der Waals surface area contributed by atoms with E-state index in [2.05, 4.69) is 39.1 Å². The molecule has 2 aromatic rings. The summed E-state index contributed by atoms with van der Waals surface area (Å²) >= 11 is 0. The molecule has 4 rings (SSSR count). The van der Waals surface area contributed by atoms with Crippen LogP contribution in [-0.4, -0.2) is 39.5 Å². The van der Waals surface area contributed by atoms with Crippen molar-refractivity contribution in [1.82, 2.24) is 19.6 Å². The van der Waals surface area contributed by atoms with Gasteiger partial charge in [0, 0.05) is 44.1 Å². The van der Waals surface area contributed by atoms with Crippen LogP contribution < -0.4 is 5.32 Å². The Balaban J connectivity index is 1.50. The van der Waals surface area contributed by atoms with Gasteiger partial charge in [0.05, 0.1) is 5.69 Å². The molecule has 1 spiro atoms. The van der Waals surface area contributed by atoms with E-state index in [4.69, 9.17) is 4.98 Å². The number of nitrogens with one attached hydrogen (secondary N) is 1. The Bertz CT molecular complexity index is 564. The maximum absolute atomic E-state index is 4.72. The summed E-state index contributed by atoms with van der Waals surface area (Å²) in [5, 5.41) is 3.77. The van der Waals surface area contributed by atoms with E-state index < -0.39 is 0 Å². The highest BCUT2D eigenvalue weighted by Gasteiger charge is 2.37. The smallest absolute Gasteiger partial charge is 0.137 e. The van der Waals surface area contributed by atoms with Crippen LogP contribution in [0.15, 0.2) is 30.6 Å². The molecule has 1 N–H and O–H groups in total. The van der Waals surface area contributed by atoms with Gasteiger partial charge in [-0.25, -0.2) is 4.98 Å². The maximum atomic E-state index is 4.72. The van der Waals surface area contributed by atoms with Crippen LogP contribution in [0.4, 0.5) is 0 Å². The van der Waals surface area contributed by atoms with Gasteiger partial charge in [-0.05, 0) is 25.0 Å². The summed E-state index contributed by atoms with van der Waals surface area (Å²) in [6, 6.07) is 6.17. The number of nitrogens with zero attached hydrogens (tertiary/aromatic N) is 3. The fraction of sp³-hybridized carbons (Fsp3) is 0.562. The lowest BCUT2D eigenvalue weighted by atomic mass is 9.94. The topological polar surface area (TPSA) is 32.6 Å². The van der Waals surface area contributed by atoms with E-state index >= 15 is 0 Å². The molecule has 0 atom stereocenters. The van der Waals surface area contributed by atoms with Crippen LogP contribution in [0.2, 0.25) is 0 Å². The summed E-state index contributed by atoms with van der Waals surface area (Å²) in [6.45, 7) is 4.41. The first-order valence-corrected chi connectivity index (χ1v) is 7.73. The number of fused-ring (bicyclic) bond motifs is 1. The highest BCUT2D eigenvalue weighted by Crippen LogP contribution is 2.32. The van der Waals surface area contributed by atoms with Crippen molar-refractivity contribution in [2.24, 2.45) is 0 Å². The Hall–Kier alpha value is -1.39. The van der Waals surface area contributed by atoms with E-state index in [1.807, 2.05) is 6.07 Å². The van der Waals surface area contributed by atoms with Gasteiger partial charge in [0.25, 0.3) is 0 Å². The van der Waals surface area contributed by atoms with E-state index in [-0.39, 0.29) is 0 Å². The highest BCUT2D eigenvalue weighted by atomic mass is 15.2. The summed E-state index contributed by atoms with van der Waals surface area (Å²) in [5.41, 5.74) is 2.64. The quantitative estimate of drug-likeness (QED) is 0.906. The van der Waals surface area contributed by atoms with Crippen LogP contribution in [0.3, 0.4) is 0 Å². The number of pyridine rings is 1. The van der Waals surface area contributed by atoms with Gasteiger partial charge >= 0.3 is 0 Å². The molecule has 4 nitrogen and oxygen atoms in total. The van der Waals surface area contributed by atoms with Gasteiger partial charge in [-0.2, -0.15) is 0 Å². The standard InChI is InChI=1S/C16H22N4/c1-4-9-20-12-14(18-15(20)5-1)11-19-10-8-17-16(13-19)6-2-3-7-16/h1,4-5,9,12,17H,2-3,6-8,10-11,13H2. The largest absolute Gasteiger partial charge is 0.309 e. The van der Waals surface area contributed by atoms with Gasteiger partial charge in [0.15, 0.2) is 0 Å². The number of piperazine rings is 1. The Kier molecular flexibility index (Phi) is 3.00. The lowest BCUT2D eigenvalue weighted by Gasteiger charge is -2.41. The van der Waals surface area contributed by atoms with Crippen LogP contribution in [-0.2, 0) is 6.54 Å². The zero-order valence-electron chi connectivity index (χ0n) is 11.9. The van der Waals surface area contributed by atoms with Crippen LogP contribution in [0.1, 0.15) is 31.4 Å². The molecule has 1 aliphatic carbocycles. The van der Waals surface area contributed by atoms with Crippen molar-refractivity contribution in [2.75, 3.05) is 19.6 Å². The fourth-order valence-electron chi connectivity index (χ4n) is 3.86. The summed E-state index contributed by atoms with van der Waals surface area (Å²) in [5.74, 6) is 0. The minimum Gasteiger partial charge on any atom is -0.309 e. The average molecular weight is 270 g/mol. The molecule has 106 valence electrons. The van der Waals surface area contributed by atoms with E-state index in [0.29, 0.717) is 5.54 Å². The molecule has 4 heteroatoms. The Morgan fingerprint density at radius 1 is 1.25 bits per heavy atom. The molecule has 2 aromatic heterocycles. The van der Waals surface area contributed by atoms with Gasteiger partial charge < -0.3 is 9.72 Å². The molecular formula is C16H22N4. The molecule has 0 amide bonds. The molecule has 1 saturated heterocycles. The number of rotatable bonds is 2. The van der Waals surface area contributed by atoms with Crippen molar-refractivity contribution in [2.45, 2.75) is 37.8 Å². The molecule has 1 saturated carbocycles. The van der Waals surface area contributed by atoms with Gasteiger partial charge in [-0.3, -0.25) is 4.90 Å². The highest BCUT2D eigenvalue weighted by molar-refractivity contribution is 5.39. The summed E-state index contributed by atoms with van der Waals surface area (Å²) < 4.78 is 2.11. The summed E-state index contributed by atoms with van der Waals surface area (Å²) in [4.78, 5) is 7.30. The average Bonchev–Trinajstić information content (AvgIpc) is 3.05. The van der Waals surface area contributed by atoms with E-state index in [1.165, 1.54) is 37.9 Å². The molecule has 0 radical (unpaired) electrons. The number of hydrogen-bond donors (Lipinski definition) is 1. The number of aromatic nitrogens is 2. The molecule has 0 bridgehead atoms. The molecule has 20 heavy (non-hydrogen) atoms. The fourth-order valence-corrected chi connectivity index (χ4v) is 3.86. The van der Waals surface area contributed by atoms with Gasteiger partial charge in [-0.15, -0.1) is 0 Å². The van der Waals surface area contributed by atoms with E-state index in [9.17, 15) is 0 Å². The van der Waals surface area contributed by atoms with E-state index in [1.54, 1.807) is 0 Å². The lowest BCUT2D eigenvalue weighted by molar-refractivity contribution is 0.128. The third-order valence-electron chi connectivity index (χ3n) is 4.81. The zero-order valence-corrected chi connectivity index (χ0v) is 11.9. The molecule has 3 heterocycles. The normalized spacial score (nSPS) is 22.8. The first kappa shape index (κ1) is 12.4. The first-order chi connectivity index (χ1) is 9.83. The van der Waals surface area contributed by atoms with Gasteiger partial charge in [0.1, 0.15) is 5.65 Å². The third-order valence-corrected chi connectivity index (χ3v) is 4.81. The minimum atomic E-state index is 0.400. The number of imidazole rings is 1.